The quantitative estimate of drug-likeness (QED) is 0.388. The van der Waals surface area contributed by atoms with Gasteiger partial charge in [-0.15, -0.1) is 0 Å². The number of hydrogen-bond donors (Lipinski definition) is 1. The molecule has 1 N–H and O–H groups in total. The van der Waals surface area contributed by atoms with Crippen molar-refractivity contribution in [2.45, 2.75) is 96.9 Å². The Hall–Kier alpha value is -0.670. The van der Waals surface area contributed by atoms with Crippen LogP contribution in [0.4, 0.5) is 0 Å². The lowest BCUT2D eigenvalue weighted by Crippen LogP contribution is -2.37. The van der Waals surface area contributed by atoms with Crippen molar-refractivity contribution in [3.63, 3.8) is 0 Å². The van der Waals surface area contributed by atoms with Crippen LogP contribution in [0.2, 0.25) is 0 Å². The molecule has 1 aliphatic heterocycles. The van der Waals surface area contributed by atoms with Crippen molar-refractivity contribution in [2.75, 3.05) is 6.54 Å². The van der Waals surface area contributed by atoms with E-state index < -0.39 is 0 Å². The van der Waals surface area contributed by atoms with Gasteiger partial charge in [-0.05, 0) is 45.4 Å². The molecule has 2 unspecified atom stereocenters. The molecule has 0 spiro atoms. The first kappa shape index (κ1) is 19.4. The highest BCUT2D eigenvalue weighted by Crippen LogP contribution is 2.16. The lowest BCUT2D eigenvalue weighted by Gasteiger charge is -2.25. The SMILES string of the molecule is CCCCCCCC/C=C/CCCCC1N=CCN1C(C)O. The van der Waals surface area contributed by atoms with Crippen molar-refractivity contribution >= 4 is 6.21 Å². The highest BCUT2D eigenvalue weighted by atomic mass is 16.3. The summed E-state index contributed by atoms with van der Waals surface area (Å²) in [6.07, 6.45) is 20.6. The van der Waals surface area contributed by atoms with E-state index in [4.69, 9.17) is 0 Å². The summed E-state index contributed by atoms with van der Waals surface area (Å²) >= 11 is 0. The first-order valence-electron chi connectivity index (χ1n) is 9.36. The summed E-state index contributed by atoms with van der Waals surface area (Å²) in [7, 11) is 0. The second-order valence-electron chi connectivity index (χ2n) is 6.45. The van der Waals surface area contributed by atoms with E-state index >= 15 is 0 Å². The number of aliphatic hydroxyl groups excluding tert-OH is 1. The third-order valence-corrected chi connectivity index (χ3v) is 4.41. The maximum atomic E-state index is 9.65. The smallest absolute Gasteiger partial charge is 0.106 e. The van der Waals surface area contributed by atoms with E-state index in [2.05, 4.69) is 24.1 Å². The molecule has 128 valence electrons. The zero-order chi connectivity index (χ0) is 16.0. The van der Waals surface area contributed by atoms with E-state index in [1.165, 1.54) is 64.2 Å². The van der Waals surface area contributed by atoms with Gasteiger partial charge in [0.05, 0.1) is 0 Å². The van der Waals surface area contributed by atoms with Crippen LogP contribution in [0.25, 0.3) is 0 Å². The topological polar surface area (TPSA) is 35.8 Å². The lowest BCUT2D eigenvalue weighted by molar-refractivity contribution is 0.00715. The van der Waals surface area contributed by atoms with Gasteiger partial charge in [-0.25, -0.2) is 0 Å². The number of nitrogens with zero attached hydrogens (tertiary/aromatic N) is 2. The fraction of sp³-hybridized carbons (Fsp3) is 0.842. The van der Waals surface area contributed by atoms with Crippen LogP contribution in [-0.2, 0) is 0 Å². The van der Waals surface area contributed by atoms with Crippen LogP contribution in [0.3, 0.4) is 0 Å². The summed E-state index contributed by atoms with van der Waals surface area (Å²) in [5.41, 5.74) is 0. The molecule has 3 heteroatoms. The van der Waals surface area contributed by atoms with Crippen LogP contribution in [0, 0.1) is 0 Å². The summed E-state index contributed by atoms with van der Waals surface area (Å²) in [5, 5.41) is 9.65. The Morgan fingerprint density at radius 1 is 1.09 bits per heavy atom. The molecule has 0 aliphatic carbocycles. The Labute approximate surface area is 137 Å². The molecular weight excluding hydrogens is 272 g/mol. The molecule has 0 aromatic carbocycles. The molecule has 22 heavy (non-hydrogen) atoms. The second-order valence-corrected chi connectivity index (χ2v) is 6.45. The molecule has 0 aromatic rings. The Bertz CT molecular complexity index is 313. The molecule has 0 aromatic heterocycles. The molecule has 0 fully saturated rings. The molecule has 0 saturated carbocycles. The van der Waals surface area contributed by atoms with E-state index in [9.17, 15) is 5.11 Å². The molecule has 0 amide bonds. The first-order valence-corrected chi connectivity index (χ1v) is 9.36. The fourth-order valence-corrected chi connectivity index (χ4v) is 2.98. The largest absolute Gasteiger partial charge is 0.379 e. The molecular formula is C19H36N2O. The van der Waals surface area contributed by atoms with Crippen LogP contribution >= 0.6 is 0 Å². The zero-order valence-corrected chi connectivity index (χ0v) is 14.7. The molecule has 2 atom stereocenters. The van der Waals surface area contributed by atoms with Gasteiger partial charge < -0.3 is 5.11 Å². The van der Waals surface area contributed by atoms with Crippen molar-refractivity contribution in [1.29, 1.82) is 0 Å². The van der Waals surface area contributed by atoms with Crippen molar-refractivity contribution < 1.29 is 5.11 Å². The van der Waals surface area contributed by atoms with E-state index in [1.54, 1.807) is 0 Å². The van der Waals surface area contributed by atoms with Crippen LogP contribution in [0.5, 0.6) is 0 Å². The fourth-order valence-electron chi connectivity index (χ4n) is 2.98. The summed E-state index contributed by atoms with van der Waals surface area (Å²) in [5.74, 6) is 0. The number of rotatable bonds is 13. The van der Waals surface area contributed by atoms with Gasteiger partial charge in [-0.2, -0.15) is 0 Å². The molecule has 0 bridgehead atoms. The minimum Gasteiger partial charge on any atom is -0.379 e. The van der Waals surface area contributed by atoms with Gasteiger partial charge in [0.25, 0.3) is 0 Å². The molecule has 1 aliphatic rings. The maximum absolute atomic E-state index is 9.65. The third-order valence-electron chi connectivity index (χ3n) is 4.41. The monoisotopic (exact) mass is 308 g/mol. The van der Waals surface area contributed by atoms with Crippen LogP contribution < -0.4 is 0 Å². The van der Waals surface area contributed by atoms with Crippen molar-refractivity contribution in [3.8, 4) is 0 Å². The summed E-state index contributed by atoms with van der Waals surface area (Å²) in [6, 6.07) is 0. The Morgan fingerprint density at radius 3 is 2.41 bits per heavy atom. The average Bonchev–Trinajstić information content (AvgIpc) is 2.97. The van der Waals surface area contributed by atoms with Crippen molar-refractivity contribution in [2.24, 2.45) is 4.99 Å². The summed E-state index contributed by atoms with van der Waals surface area (Å²) in [4.78, 5) is 6.50. The number of aliphatic imine (C=N–C) groups is 1. The summed E-state index contributed by atoms with van der Waals surface area (Å²) in [6.45, 7) is 4.89. The first-order chi connectivity index (χ1) is 10.8. The van der Waals surface area contributed by atoms with E-state index in [-0.39, 0.29) is 12.4 Å². The number of aliphatic hydroxyl groups is 1. The minimum absolute atomic E-state index is 0.201. The summed E-state index contributed by atoms with van der Waals surface area (Å²) < 4.78 is 0. The Morgan fingerprint density at radius 2 is 1.73 bits per heavy atom. The van der Waals surface area contributed by atoms with Crippen LogP contribution in [0.15, 0.2) is 17.1 Å². The highest BCUT2D eigenvalue weighted by molar-refractivity contribution is 5.62. The second kappa shape index (κ2) is 12.8. The number of hydrogen-bond acceptors (Lipinski definition) is 3. The van der Waals surface area contributed by atoms with Gasteiger partial charge in [0, 0.05) is 12.8 Å². The van der Waals surface area contributed by atoms with Crippen LogP contribution in [0.1, 0.15) is 84.5 Å². The van der Waals surface area contributed by atoms with E-state index in [0.717, 1.165) is 13.0 Å². The number of unbranched alkanes of at least 4 members (excludes halogenated alkanes) is 8. The molecule has 3 nitrogen and oxygen atoms in total. The molecule has 0 saturated heterocycles. The van der Waals surface area contributed by atoms with E-state index in [0.29, 0.717) is 0 Å². The molecule has 0 radical (unpaired) electrons. The van der Waals surface area contributed by atoms with Gasteiger partial charge in [0.1, 0.15) is 12.4 Å². The van der Waals surface area contributed by atoms with E-state index in [1.807, 2.05) is 18.0 Å². The van der Waals surface area contributed by atoms with Gasteiger partial charge in [0.15, 0.2) is 0 Å². The Kier molecular flexibility index (Phi) is 11.3. The van der Waals surface area contributed by atoms with Gasteiger partial charge in [-0.3, -0.25) is 9.89 Å². The van der Waals surface area contributed by atoms with Crippen molar-refractivity contribution in [1.82, 2.24) is 4.90 Å². The normalized spacial score (nSPS) is 20.2. The lowest BCUT2D eigenvalue weighted by atomic mass is 10.1. The number of allylic oxidation sites excluding steroid dienone is 2. The predicted molar refractivity (Wildman–Crippen MR) is 96.3 cm³/mol. The van der Waals surface area contributed by atoms with Gasteiger partial charge >= 0.3 is 0 Å². The molecule has 1 heterocycles. The van der Waals surface area contributed by atoms with Crippen LogP contribution in [-0.4, -0.2) is 35.2 Å². The molecule has 1 rings (SSSR count). The van der Waals surface area contributed by atoms with Gasteiger partial charge in [0.2, 0.25) is 0 Å². The Balaban J connectivity index is 1.90. The average molecular weight is 309 g/mol. The minimum atomic E-state index is -0.385. The van der Waals surface area contributed by atoms with Crippen molar-refractivity contribution in [3.05, 3.63) is 12.2 Å². The standard InChI is InChI=1S/C19H36N2O/c1-3-4-5-6-7-8-9-10-11-12-13-14-15-19-20-16-17-21(19)18(2)22/h10-11,16,18-19,22H,3-9,12-15,17H2,1-2H3/b11-10+. The van der Waals surface area contributed by atoms with Gasteiger partial charge in [-0.1, -0.05) is 51.2 Å². The maximum Gasteiger partial charge on any atom is 0.106 e. The zero-order valence-electron chi connectivity index (χ0n) is 14.7. The predicted octanol–water partition coefficient (Wildman–Crippen LogP) is 4.90. The third kappa shape index (κ3) is 8.70. The highest BCUT2D eigenvalue weighted by Gasteiger charge is 2.23.